The number of nitrogens with two attached hydrogens (primary N) is 1. The van der Waals surface area contributed by atoms with E-state index in [-0.39, 0.29) is 24.5 Å². The van der Waals surface area contributed by atoms with E-state index in [2.05, 4.69) is 10.3 Å². The van der Waals surface area contributed by atoms with Gasteiger partial charge in [-0.3, -0.25) is 0 Å². The van der Waals surface area contributed by atoms with E-state index in [0.717, 1.165) is 0 Å². The molecule has 0 unspecified atom stereocenters. The van der Waals surface area contributed by atoms with Crippen molar-refractivity contribution in [1.82, 2.24) is 4.98 Å². The molecule has 1 fully saturated rings. The van der Waals surface area contributed by atoms with Crippen molar-refractivity contribution in [2.45, 2.75) is 50.9 Å². The Hall–Kier alpha value is -1.66. The van der Waals surface area contributed by atoms with Gasteiger partial charge in [-0.25, -0.2) is 0 Å². The molecule has 1 aliphatic rings. The van der Waals surface area contributed by atoms with Crippen molar-refractivity contribution >= 4 is 11.5 Å². The van der Waals surface area contributed by atoms with Gasteiger partial charge in [-0.2, -0.15) is 18.2 Å². The molecule has 112 valence electrons. The highest BCUT2D eigenvalue weighted by molar-refractivity contribution is 5.55. The van der Waals surface area contributed by atoms with Gasteiger partial charge in [-0.15, -0.1) is 0 Å². The Balaban J connectivity index is 2.20. The number of aromatic nitrogens is 1. The van der Waals surface area contributed by atoms with Crippen molar-refractivity contribution in [3.8, 4) is 5.88 Å². The molecular weight excluding hydrogens is 271 g/mol. The van der Waals surface area contributed by atoms with Crippen LogP contribution in [0.5, 0.6) is 5.88 Å². The molecule has 0 aliphatic heterocycles. The molecule has 0 bridgehead atoms. The second-order valence-electron chi connectivity index (χ2n) is 6.01. The van der Waals surface area contributed by atoms with Gasteiger partial charge >= 0.3 is 6.18 Å². The van der Waals surface area contributed by atoms with Crippen LogP contribution in [0.15, 0.2) is 12.1 Å². The number of hydrogen-bond acceptors (Lipinski definition) is 4. The third kappa shape index (κ3) is 3.08. The molecule has 0 amide bonds. The van der Waals surface area contributed by atoms with Crippen molar-refractivity contribution in [2.24, 2.45) is 0 Å². The van der Waals surface area contributed by atoms with Gasteiger partial charge in [-0.05, 0) is 45.7 Å². The summed E-state index contributed by atoms with van der Waals surface area (Å²) in [6, 6.07) is 2.92. The van der Waals surface area contributed by atoms with Crippen LogP contribution in [0.4, 0.5) is 24.7 Å². The fourth-order valence-electron chi connectivity index (χ4n) is 1.74. The van der Waals surface area contributed by atoms with Crippen LogP contribution in [0.2, 0.25) is 0 Å². The number of nitrogens with one attached hydrogen (secondary N) is 1. The van der Waals surface area contributed by atoms with Gasteiger partial charge in [0.25, 0.3) is 0 Å². The van der Waals surface area contributed by atoms with Crippen molar-refractivity contribution < 1.29 is 17.9 Å². The Bertz CT molecular complexity index is 505. The maximum Gasteiger partial charge on any atom is 0.411 e. The Morgan fingerprint density at radius 1 is 1.25 bits per heavy atom. The molecule has 0 spiro atoms. The first-order chi connectivity index (χ1) is 9.02. The van der Waals surface area contributed by atoms with Crippen LogP contribution in [0.3, 0.4) is 0 Å². The number of nitrogens with zero attached hydrogens (tertiary/aromatic N) is 1. The van der Waals surface area contributed by atoms with E-state index < -0.39 is 17.3 Å². The summed E-state index contributed by atoms with van der Waals surface area (Å²) < 4.78 is 44.2. The lowest BCUT2D eigenvalue weighted by Crippen LogP contribution is -2.39. The summed E-state index contributed by atoms with van der Waals surface area (Å²) in [6.07, 6.45) is -4.18. The first-order valence-electron chi connectivity index (χ1n) is 6.33. The third-order valence-electron chi connectivity index (χ3n) is 2.95. The highest BCUT2D eigenvalue weighted by atomic mass is 19.4. The highest BCUT2D eigenvalue weighted by Gasteiger charge is 2.63. The summed E-state index contributed by atoms with van der Waals surface area (Å²) in [5.74, 6) is 0.258. The molecule has 1 saturated carbocycles. The van der Waals surface area contributed by atoms with Gasteiger partial charge in [0.2, 0.25) is 5.88 Å². The van der Waals surface area contributed by atoms with E-state index >= 15 is 0 Å². The molecule has 7 heteroatoms. The van der Waals surface area contributed by atoms with E-state index in [1.54, 1.807) is 0 Å². The first-order valence-corrected chi connectivity index (χ1v) is 6.33. The molecule has 1 aliphatic carbocycles. The normalized spacial score (nSPS) is 17.7. The highest BCUT2D eigenvalue weighted by Crippen LogP contribution is 2.51. The molecule has 4 nitrogen and oxygen atoms in total. The van der Waals surface area contributed by atoms with Crippen LogP contribution in [0.25, 0.3) is 0 Å². The molecular formula is C13H18F3N3O. The van der Waals surface area contributed by atoms with Crippen LogP contribution >= 0.6 is 0 Å². The van der Waals surface area contributed by atoms with Crippen LogP contribution in [0.1, 0.15) is 33.6 Å². The van der Waals surface area contributed by atoms with Crippen molar-refractivity contribution in [2.75, 3.05) is 11.1 Å². The molecule has 0 saturated heterocycles. The average molecular weight is 289 g/mol. The lowest BCUT2D eigenvalue weighted by atomic mass is 10.2. The zero-order valence-electron chi connectivity index (χ0n) is 11.6. The predicted molar refractivity (Wildman–Crippen MR) is 70.7 cm³/mol. The summed E-state index contributed by atoms with van der Waals surface area (Å²) in [4.78, 5) is 4.04. The zero-order valence-corrected chi connectivity index (χ0v) is 11.6. The van der Waals surface area contributed by atoms with E-state index in [1.807, 2.05) is 20.8 Å². The summed E-state index contributed by atoms with van der Waals surface area (Å²) >= 11 is 0. The summed E-state index contributed by atoms with van der Waals surface area (Å²) in [5, 5.41) is 2.45. The number of halogens is 3. The lowest BCUT2D eigenvalue weighted by Gasteiger charge is -2.24. The number of hydrogen-bond donors (Lipinski definition) is 2. The van der Waals surface area contributed by atoms with Gasteiger partial charge in [0, 0.05) is 0 Å². The molecule has 2 rings (SSSR count). The van der Waals surface area contributed by atoms with E-state index in [4.69, 9.17) is 10.5 Å². The van der Waals surface area contributed by atoms with Gasteiger partial charge in [0.15, 0.2) is 0 Å². The van der Waals surface area contributed by atoms with Gasteiger partial charge in [-0.1, -0.05) is 0 Å². The number of anilines is 2. The predicted octanol–water partition coefficient (Wildman–Crippen LogP) is 3.35. The SMILES string of the molecule is CC(C)(C)Oc1nc(NC2(C(F)(F)F)CC2)ccc1N. The minimum Gasteiger partial charge on any atom is -0.470 e. The fraction of sp³-hybridized carbons (Fsp3) is 0.615. The summed E-state index contributed by atoms with van der Waals surface area (Å²) in [6.45, 7) is 5.44. The smallest absolute Gasteiger partial charge is 0.411 e. The van der Waals surface area contributed by atoms with Crippen LogP contribution in [-0.2, 0) is 0 Å². The Labute approximate surface area is 115 Å². The largest absolute Gasteiger partial charge is 0.470 e. The molecule has 20 heavy (non-hydrogen) atoms. The lowest BCUT2D eigenvalue weighted by molar-refractivity contribution is -0.151. The van der Waals surface area contributed by atoms with E-state index in [9.17, 15) is 13.2 Å². The van der Waals surface area contributed by atoms with Crippen molar-refractivity contribution in [1.29, 1.82) is 0 Å². The van der Waals surface area contributed by atoms with Gasteiger partial charge in [0.05, 0.1) is 5.69 Å². The van der Waals surface area contributed by atoms with E-state index in [0.29, 0.717) is 5.69 Å². The van der Waals surface area contributed by atoms with Crippen LogP contribution < -0.4 is 15.8 Å². The molecule has 1 aromatic heterocycles. The number of rotatable bonds is 3. The number of ether oxygens (including phenoxy) is 1. The van der Waals surface area contributed by atoms with Gasteiger partial charge in [0.1, 0.15) is 17.0 Å². The minimum absolute atomic E-state index is 0.0536. The third-order valence-corrected chi connectivity index (χ3v) is 2.95. The van der Waals surface area contributed by atoms with Crippen molar-refractivity contribution in [3.05, 3.63) is 12.1 Å². The molecule has 1 heterocycles. The van der Waals surface area contributed by atoms with Crippen LogP contribution in [-0.4, -0.2) is 22.3 Å². The molecule has 0 radical (unpaired) electrons. The van der Waals surface area contributed by atoms with Crippen molar-refractivity contribution in [3.63, 3.8) is 0 Å². The second kappa shape index (κ2) is 4.43. The van der Waals surface area contributed by atoms with E-state index in [1.165, 1.54) is 12.1 Å². The average Bonchev–Trinajstić information content (AvgIpc) is 3.01. The molecule has 0 atom stereocenters. The molecule has 0 aromatic carbocycles. The monoisotopic (exact) mass is 289 g/mol. The maximum absolute atomic E-state index is 12.9. The number of nitrogen functional groups attached to an aromatic ring is 1. The Kier molecular flexibility index (Phi) is 3.26. The second-order valence-corrected chi connectivity index (χ2v) is 6.01. The van der Waals surface area contributed by atoms with Crippen LogP contribution in [0, 0.1) is 0 Å². The fourth-order valence-corrected chi connectivity index (χ4v) is 1.74. The minimum atomic E-state index is -4.29. The number of pyridine rings is 1. The Morgan fingerprint density at radius 3 is 2.30 bits per heavy atom. The molecule has 3 N–H and O–H groups in total. The topological polar surface area (TPSA) is 60.2 Å². The summed E-state index contributed by atoms with van der Waals surface area (Å²) in [7, 11) is 0. The number of alkyl halides is 3. The quantitative estimate of drug-likeness (QED) is 0.896. The Morgan fingerprint density at radius 2 is 1.85 bits per heavy atom. The first kappa shape index (κ1) is 14.7. The standard InChI is InChI=1S/C13H18F3N3O/c1-11(2,3)20-10-8(17)4-5-9(18-10)19-12(6-7-12)13(14,15)16/h4-5H,6-7,17H2,1-3H3,(H,18,19). The van der Waals surface area contributed by atoms with Gasteiger partial charge < -0.3 is 15.8 Å². The summed E-state index contributed by atoms with van der Waals surface area (Å²) in [5.41, 5.74) is 3.64. The zero-order chi connectivity index (χ0) is 15.2. The maximum atomic E-state index is 12.9. The molecule has 1 aromatic rings.